The molecule has 0 saturated heterocycles. The van der Waals surface area contributed by atoms with Crippen LogP contribution in [0.2, 0.25) is 0 Å². The average Bonchev–Trinajstić information content (AvgIpc) is 2.73. The predicted molar refractivity (Wildman–Crippen MR) is 106 cm³/mol. The van der Waals surface area contributed by atoms with E-state index in [9.17, 15) is 18.0 Å². The highest BCUT2D eigenvalue weighted by molar-refractivity contribution is 7.89. The van der Waals surface area contributed by atoms with Crippen molar-refractivity contribution in [3.05, 3.63) is 65.7 Å². The summed E-state index contributed by atoms with van der Waals surface area (Å²) < 4.78 is 30.6. The van der Waals surface area contributed by atoms with Crippen molar-refractivity contribution < 1.29 is 27.6 Å². The van der Waals surface area contributed by atoms with E-state index < -0.39 is 22.1 Å². The summed E-state index contributed by atoms with van der Waals surface area (Å²) in [7, 11) is 0.166. The Hall–Kier alpha value is -2.75. The molecule has 0 aliphatic heterocycles. The molecule has 2 rings (SSSR count). The van der Waals surface area contributed by atoms with Crippen LogP contribution in [0.3, 0.4) is 0 Å². The van der Waals surface area contributed by atoms with Crippen LogP contribution >= 0.6 is 0 Å². The van der Waals surface area contributed by atoms with Gasteiger partial charge in [-0.3, -0.25) is 9.63 Å². The molecule has 0 fully saturated rings. The summed E-state index contributed by atoms with van der Waals surface area (Å²) in [6.07, 6.45) is -1.03. The van der Waals surface area contributed by atoms with Crippen LogP contribution in [-0.2, 0) is 30.9 Å². The lowest BCUT2D eigenvalue weighted by Gasteiger charge is -2.21. The zero-order chi connectivity index (χ0) is 21.6. The molecule has 2 aromatic rings. The van der Waals surface area contributed by atoms with E-state index in [2.05, 4.69) is 0 Å². The number of ether oxygens (including phenoxy) is 1. The summed E-state index contributed by atoms with van der Waals surface area (Å²) in [5, 5.41) is 0. The van der Waals surface area contributed by atoms with Gasteiger partial charge in [-0.2, -0.15) is 0 Å². The second-order valence-corrected chi connectivity index (χ2v) is 8.29. The maximum atomic E-state index is 12.5. The second kappa shape index (κ2) is 9.64. The SMILES string of the molecule is CON(C)S(=O)(=O)c1cccc(C(=O)O[C@H](C)C(=O)N(C)Cc2ccccc2)c1. The van der Waals surface area contributed by atoms with E-state index in [1.165, 1.54) is 50.2 Å². The number of rotatable bonds is 8. The molecular weight excluding hydrogens is 396 g/mol. The third-order valence-corrected chi connectivity index (χ3v) is 5.91. The minimum Gasteiger partial charge on any atom is -0.449 e. The maximum Gasteiger partial charge on any atom is 0.338 e. The van der Waals surface area contributed by atoms with E-state index in [-0.39, 0.29) is 16.4 Å². The number of hydrogen-bond donors (Lipinski definition) is 0. The number of likely N-dealkylation sites (N-methyl/N-ethyl adjacent to an activating group) is 1. The molecule has 0 radical (unpaired) electrons. The largest absolute Gasteiger partial charge is 0.449 e. The minimum atomic E-state index is -3.91. The fraction of sp³-hybridized carbons (Fsp3) is 0.300. The van der Waals surface area contributed by atoms with Crippen LogP contribution in [0, 0.1) is 0 Å². The molecule has 156 valence electrons. The first-order valence-corrected chi connectivity index (χ1v) is 10.2. The van der Waals surface area contributed by atoms with E-state index in [1.807, 2.05) is 30.3 Å². The van der Waals surface area contributed by atoms with Crippen LogP contribution in [0.1, 0.15) is 22.8 Å². The van der Waals surface area contributed by atoms with E-state index in [0.717, 1.165) is 5.56 Å². The lowest BCUT2D eigenvalue weighted by Crippen LogP contribution is -2.37. The van der Waals surface area contributed by atoms with Crippen LogP contribution in [0.5, 0.6) is 0 Å². The number of carbonyl (C=O) groups excluding carboxylic acids is 2. The zero-order valence-electron chi connectivity index (χ0n) is 16.7. The first kappa shape index (κ1) is 22.5. The van der Waals surface area contributed by atoms with Crippen molar-refractivity contribution >= 4 is 21.9 Å². The monoisotopic (exact) mass is 420 g/mol. The quantitative estimate of drug-likeness (QED) is 0.479. The molecule has 0 bridgehead atoms. The number of nitrogens with zero attached hydrogens (tertiary/aromatic N) is 2. The lowest BCUT2D eigenvalue weighted by atomic mass is 10.2. The normalized spacial score (nSPS) is 12.4. The van der Waals surface area contributed by atoms with Gasteiger partial charge >= 0.3 is 5.97 Å². The van der Waals surface area contributed by atoms with Gasteiger partial charge < -0.3 is 9.64 Å². The molecule has 0 unspecified atom stereocenters. The van der Waals surface area contributed by atoms with Gasteiger partial charge in [-0.05, 0) is 30.7 Å². The van der Waals surface area contributed by atoms with Gasteiger partial charge in [-0.25, -0.2) is 13.2 Å². The summed E-state index contributed by atoms with van der Waals surface area (Å²) >= 11 is 0. The zero-order valence-corrected chi connectivity index (χ0v) is 17.5. The Balaban J connectivity index is 2.07. The molecule has 0 heterocycles. The van der Waals surface area contributed by atoms with Crippen molar-refractivity contribution in [2.75, 3.05) is 21.2 Å². The number of hydrogen-bond acceptors (Lipinski definition) is 6. The number of esters is 1. The van der Waals surface area contributed by atoms with E-state index in [0.29, 0.717) is 11.0 Å². The molecule has 0 spiro atoms. The van der Waals surface area contributed by atoms with Crippen LogP contribution in [0.15, 0.2) is 59.5 Å². The third-order valence-electron chi connectivity index (χ3n) is 4.23. The molecule has 8 nitrogen and oxygen atoms in total. The van der Waals surface area contributed by atoms with Gasteiger partial charge in [0, 0.05) is 20.6 Å². The Morgan fingerprint density at radius 2 is 1.69 bits per heavy atom. The number of carbonyl (C=O) groups is 2. The molecule has 0 aromatic heterocycles. The fourth-order valence-electron chi connectivity index (χ4n) is 2.55. The van der Waals surface area contributed by atoms with Gasteiger partial charge in [0.2, 0.25) is 0 Å². The topological polar surface area (TPSA) is 93.2 Å². The molecule has 2 aromatic carbocycles. The summed E-state index contributed by atoms with van der Waals surface area (Å²) in [6, 6.07) is 14.8. The van der Waals surface area contributed by atoms with Crippen molar-refractivity contribution in [2.45, 2.75) is 24.5 Å². The molecule has 0 aliphatic rings. The predicted octanol–water partition coefficient (Wildman–Crippen LogP) is 2.07. The van der Waals surface area contributed by atoms with Crippen LogP contribution in [0.25, 0.3) is 0 Å². The van der Waals surface area contributed by atoms with Gasteiger partial charge in [0.05, 0.1) is 17.6 Å². The van der Waals surface area contributed by atoms with Crippen molar-refractivity contribution in [1.82, 2.24) is 9.37 Å². The molecule has 29 heavy (non-hydrogen) atoms. The highest BCUT2D eigenvalue weighted by Crippen LogP contribution is 2.17. The van der Waals surface area contributed by atoms with Crippen LogP contribution in [0.4, 0.5) is 0 Å². The highest BCUT2D eigenvalue weighted by Gasteiger charge is 2.25. The number of hydroxylamine groups is 1. The van der Waals surface area contributed by atoms with Crippen molar-refractivity contribution in [1.29, 1.82) is 0 Å². The number of amides is 1. The Morgan fingerprint density at radius 3 is 2.31 bits per heavy atom. The molecule has 9 heteroatoms. The molecule has 0 N–H and O–H groups in total. The molecule has 0 aliphatic carbocycles. The Bertz CT molecular complexity index is 962. The van der Waals surface area contributed by atoms with Gasteiger partial charge in [0.1, 0.15) is 0 Å². The van der Waals surface area contributed by atoms with Gasteiger partial charge in [-0.1, -0.05) is 40.9 Å². The Morgan fingerprint density at radius 1 is 1.03 bits per heavy atom. The second-order valence-electron chi connectivity index (χ2n) is 6.35. The summed E-state index contributed by atoms with van der Waals surface area (Å²) in [4.78, 5) is 31.0. The average molecular weight is 420 g/mol. The summed E-state index contributed by atoms with van der Waals surface area (Å²) in [5.74, 6) is -1.17. The number of benzene rings is 2. The summed E-state index contributed by atoms with van der Waals surface area (Å²) in [5.41, 5.74) is 0.961. The fourth-order valence-corrected chi connectivity index (χ4v) is 3.57. The van der Waals surface area contributed by atoms with Gasteiger partial charge in [-0.15, -0.1) is 0 Å². The third kappa shape index (κ3) is 5.63. The standard InChI is InChI=1S/C20H24N2O6S/c1-15(19(23)21(2)14-16-9-6-5-7-10-16)28-20(24)17-11-8-12-18(13-17)29(25,26)22(3)27-4/h5-13,15H,14H2,1-4H3/t15-/m1/s1. The number of sulfonamides is 1. The molecule has 1 atom stereocenters. The Kier molecular flexibility index (Phi) is 7.49. The maximum absolute atomic E-state index is 12.5. The van der Waals surface area contributed by atoms with Crippen molar-refractivity contribution in [3.8, 4) is 0 Å². The lowest BCUT2D eigenvalue weighted by molar-refractivity contribution is -0.139. The van der Waals surface area contributed by atoms with E-state index in [1.54, 1.807) is 7.05 Å². The van der Waals surface area contributed by atoms with E-state index >= 15 is 0 Å². The smallest absolute Gasteiger partial charge is 0.338 e. The molecular formula is C20H24N2O6S. The first-order valence-electron chi connectivity index (χ1n) is 8.79. The van der Waals surface area contributed by atoms with Crippen LogP contribution < -0.4 is 0 Å². The molecule has 1 amide bonds. The van der Waals surface area contributed by atoms with Crippen LogP contribution in [-0.4, -0.2) is 57.0 Å². The summed E-state index contributed by atoms with van der Waals surface area (Å²) in [6.45, 7) is 1.85. The minimum absolute atomic E-state index is 0.0148. The van der Waals surface area contributed by atoms with Gasteiger partial charge in [0.15, 0.2) is 6.10 Å². The highest BCUT2D eigenvalue weighted by atomic mass is 32.2. The van der Waals surface area contributed by atoms with Crippen molar-refractivity contribution in [2.24, 2.45) is 0 Å². The molecule has 0 saturated carbocycles. The van der Waals surface area contributed by atoms with Gasteiger partial charge in [0.25, 0.3) is 15.9 Å². The Labute approximate surface area is 170 Å². The van der Waals surface area contributed by atoms with Crippen molar-refractivity contribution in [3.63, 3.8) is 0 Å². The van der Waals surface area contributed by atoms with E-state index in [4.69, 9.17) is 9.57 Å². The first-order chi connectivity index (χ1) is 13.7.